The molecule has 1 rings (SSSR count). The molecule has 1 heterocycles. The molecule has 81 heavy (non-hydrogen) atoms. The third kappa shape index (κ3) is 47.2. The van der Waals surface area contributed by atoms with E-state index in [9.17, 15) is 47.5 Å². The Labute approximate surface area is 485 Å². The van der Waals surface area contributed by atoms with E-state index in [0.29, 0.717) is 50.1 Å². The van der Waals surface area contributed by atoms with Gasteiger partial charge < -0.3 is 56.1 Å². The molecule has 0 aliphatic carbocycles. The number of unbranched alkanes of at least 4 members (excludes halogenated alkanes) is 2. The quantitative estimate of drug-likeness (QED) is 0.0275. The Kier molecular flexibility index (Phi) is 41.0. The van der Waals surface area contributed by atoms with Gasteiger partial charge in [0.2, 0.25) is 0 Å². The second-order valence-electron chi connectivity index (χ2n) is 24.3. The van der Waals surface area contributed by atoms with E-state index < -0.39 is 83.5 Å². The van der Waals surface area contributed by atoms with Crippen molar-refractivity contribution in [3.8, 4) is 0 Å². The van der Waals surface area contributed by atoms with Crippen molar-refractivity contribution in [2.45, 2.75) is 248 Å². The Hall–Kier alpha value is -6.23. The number of nitrogens with one attached hydrogen (secondary N) is 5. The van der Waals surface area contributed by atoms with Gasteiger partial charge in [0.15, 0.2) is 0 Å². The van der Waals surface area contributed by atoms with Crippen molar-refractivity contribution in [2.24, 2.45) is 16.6 Å². The molecule has 0 aromatic heterocycles. The summed E-state index contributed by atoms with van der Waals surface area (Å²) in [6.45, 7) is 33.8. The lowest BCUT2D eigenvalue weighted by molar-refractivity contribution is -0.193. The highest BCUT2D eigenvalue weighted by atomic mass is 35.5. The van der Waals surface area contributed by atoms with E-state index >= 15 is 0 Å². The zero-order valence-electron chi connectivity index (χ0n) is 52.1. The topological polar surface area (TPSA) is 357 Å². The molecule has 0 aromatic carbocycles. The van der Waals surface area contributed by atoms with Crippen LogP contribution in [0, 0.1) is 10.8 Å². The first-order valence-electron chi connectivity index (χ1n) is 27.0. The van der Waals surface area contributed by atoms with Gasteiger partial charge in [-0.2, -0.15) is 19.2 Å². The van der Waals surface area contributed by atoms with Crippen molar-refractivity contribution in [2.75, 3.05) is 20.2 Å². The van der Waals surface area contributed by atoms with Crippen LogP contribution in [0.3, 0.4) is 0 Å². The maximum atomic E-state index is 13.0. The van der Waals surface area contributed by atoms with Crippen molar-refractivity contribution >= 4 is 78.6 Å². The molecule has 27 heteroatoms. The van der Waals surface area contributed by atoms with Crippen molar-refractivity contribution in [3.63, 3.8) is 0 Å². The van der Waals surface area contributed by atoms with Gasteiger partial charge in [0.1, 0.15) is 34.5 Å². The van der Waals surface area contributed by atoms with Crippen molar-refractivity contribution in [3.05, 3.63) is 0 Å². The molecule has 7 amide bonds. The lowest BCUT2D eigenvalue weighted by Gasteiger charge is -2.32. The molecule has 0 aromatic rings. The van der Waals surface area contributed by atoms with E-state index in [0.717, 1.165) is 6.42 Å². The lowest BCUT2D eigenvalue weighted by Crippen LogP contribution is -2.53. The van der Waals surface area contributed by atoms with Crippen molar-refractivity contribution in [1.29, 1.82) is 0 Å². The first-order valence-corrected chi connectivity index (χ1v) is 26.3. The number of nitrogens with zero attached hydrogens (tertiary/aromatic N) is 1. The van der Waals surface area contributed by atoms with Crippen LogP contribution >= 0.6 is 12.4 Å². The fraction of sp³-hybridized carbons (Fsp3) is 0.796. The molecular weight excluding hydrogens is 1090 g/mol. The maximum absolute atomic E-state index is 13.0. The standard InChI is InChI=1S/C28H48N4O9.C23H45N3O5.CH3F.2CO2.ClH/c1-26(2,3)19(13-16-22(35)39-27(4,5)6)31-24(37)30-18(23(36)40-28(7,8)9)12-10-11-17-29-25(38)41-32-20(33)14-15-21(32)34;1-21(2,3)17(13-14-18(27)30-22(4,5)6)26-20(29)25-16(12-10-11-15-24)19(28)31-23(7,8)9;1-2;2*2-1-3;/h18-19H,10-17H2,1-9H3,(H,29,38)(H2,30,31,37);16-17H,10-15,24H2,1-9H3,(H2,25,26,29);1H3;;;1H/t18-,19-;16-,17-;;;;/m00..../s1/i;;1D;;;. The highest BCUT2D eigenvalue weighted by Crippen LogP contribution is 2.26. The molecule has 0 spiro atoms. The number of rotatable bonds is 22. The number of hydroxylamine groups is 2. The van der Waals surface area contributed by atoms with Gasteiger partial charge in [-0.05, 0) is 152 Å². The molecule has 0 radical (unpaired) electrons. The molecule has 1 aliphatic rings. The SMILES string of the molecule is CC(C)(C)OC(=O)CC[C@H](NC(=O)N[C@@H](CCCCN)C(=O)OC(C)(C)C)C(C)(C)C.CC(C)(C)OC(=O)CC[C@H](NC(=O)N[C@@H](CCCCNC(=O)ON1C(=O)CCC1=O)C(=O)OC(C)(C)C)C(C)(C)C.Cl.O=C=O.O=C=O.[2H]CF. The minimum Gasteiger partial charge on any atom is -0.460 e. The summed E-state index contributed by atoms with van der Waals surface area (Å²) in [7, 11) is -1.00. The maximum Gasteiger partial charge on any atom is 0.432 e. The van der Waals surface area contributed by atoms with Crippen LogP contribution in [0.25, 0.3) is 0 Å². The monoisotopic (exact) mass is 1190 g/mol. The summed E-state index contributed by atoms with van der Waals surface area (Å²) in [5.74, 6) is -2.90. The minimum atomic E-state index is -1.00. The third-order valence-corrected chi connectivity index (χ3v) is 10.1. The van der Waals surface area contributed by atoms with Crippen LogP contribution < -0.4 is 32.3 Å². The molecule has 0 saturated carbocycles. The van der Waals surface area contributed by atoms with Gasteiger partial charge in [-0.3, -0.25) is 23.6 Å². The fourth-order valence-electron chi connectivity index (χ4n) is 6.64. The second-order valence-corrected chi connectivity index (χ2v) is 24.3. The molecular formula is C54H97ClFN7O18. The van der Waals surface area contributed by atoms with Gasteiger partial charge in [0.05, 0.1) is 8.52 Å². The number of imide groups is 1. The molecule has 7 N–H and O–H groups in total. The van der Waals surface area contributed by atoms with Gasteiger partial charge in [0, 0.05) is 44.3 Å². The Bertz CT molecular complexity index is 2010. The number of carbonyl (C=O) groups is 9. The predicted molar refractivity (Wildman–Crippen MR) is 296 cm³/mol. The van der Waals surface area contributed by atoms with Crippen LogP contribution in [0.15, 0.2) is 0 Å². The van der Waals surface area contributed by atoms with E-state index in [2.05, 4.69) is 26.6 Å². The molecule has 1 aliphatic heterocycles. The number of halogens is 2. The van der Waals surface area contributed by atoms with E-state index in [-0.39, 0.29) is 98.2 Å². The zero-order chi connectivity index (χ0) is 64.2. The third-order valence-electron chi connectivity index (χ3n) is 10.1. The number of carbonyl (C=O) groups excluding carboxylic acids is 13. The summed E-state index contributed by atoms with van der Waals surface area (Å²) in [5.41, 5.74) is 2.29. The lowest BCUT2D eigenvalue weighted by atomic mass is 9.84. The van der Waals surface area contributed by atoms with Crippen molar-refractivity contribution in [1.82, 2.24) is 31.6 Å². The van der Waals surface area contributed by atoms with Gasteiger partial charge in [0.25, 0.3) is 11.8 Å². The van der Waals surface area contributed by atoms with Gasteiger partial charge in [-0.15, -0.1) is 17.5 Å². The molecule has 1 fully saturated rings. The van der Waals surface area contributed by atoms with E-state index in [1.807, 2.05) is 62.3 Å². The normalized spacial score (nSPS) is 13.8. The number of esters is 4. The Morgan fingerprint density at radius 1 is 0.556 bits per heavy atom. The average Bonchev–Trinajstić information content (AvgIpc) is 3.58. The smallest absolute Gasteiger partial charge is 0.432 e. The number of ether oxygens (including phenoxy) is 4. The minimum absolute atomic E-state index is 0. The summed E-state index contributed by atoms with van der Waals surface area (Å²) in [6, 6.07) is -3.45. The van der Waals surface area contributed by atoms with Crippen LogP contribution in [-0.2, 0) is 71.7 Å². The summed E-state index contributed by atoms with van der Waals surface area (Å²) in [4.78, 5) is 148. The fourth-order valence-corrected chi connectivity index (χ4v) is 6.64. The average molecular weight is 1190 g/mol. The van der Waals surface area contributed by atoms with E-state index in [4.69, 9.17) is 50.1 Å². The molecule has 25 nitrogen and oxygen atoms in total. The number of nitrogens with two attached hydrogens (primary N) is 1. The van der Waals surface area contributed by atoms with Gasteiger partial charge in [-0.1, -0.05) is 41.5 Å². The molecule has 1 saturated heterocycles. The number of alkyl halides is 1. The Morgan fingerprint density at radius 2 is 0.864 bits per heavy atom. The summed E-state index contributed by atoms with van der Waals surface area (Å²) in [5, 5.41) is 14.1. The zero-order valence-corrected chi connectivity index (χ0v) is 51.9. The highest BCUT2D eigenvalue weighted by Gasteiger charge is 2.35. The number of amides is 7. The first kappa shape index (κ1) is 81.2. The molecule has 0 unspecified atom stereocenters. The first-order chi connectivity index (χ1) is 36.9. The summed E-state index contributed by atoms with van der Waals surface area (Å²) >= 11 is 0. The largest absolute Gasteiger partial charge is 0.460 e. The summed E-state index contributed by atoms with van der Waals surface area (Å²) in [6.07, 6.45) is 3.59. The van der Waals surface area contributed by atoms with Crippen LogP contribution in [0.5, 0.6) is 0 Å². The molecule has 0 bridgehead atoms. The van der Waals surface area contributed by atoms with Crippen molar-refractivity contribution < 1.29 is 91.9 Å². The van der Waals surface area contributed by atoms with Crippen LogP contribution in [0.1, 0.15) is 203 Å². The van der Waals surface area contributed by atoms with Gasteiger partial charge in [-0.25, -0.2) is 24.0 Å². The number of hydrogen-bond acceptors (Lipinski definition) is 19. The highest BCUT2D eigenvalue weighted by molar-refractivity contribution is 6.01. The van der Waals surface area contributed by atoms with Crippen LogP contribution in [0.4, 0.5) is 18.8 Å². The number of hydrogen-bond donors (Lipinski definition) is 6. The number of urea groups is 2. The van der Waals surface area contributed by atoms with Crippen LogP contribution in [0.2, 0.25) is 0 Å². The van der Waals surface area contributed by atoms with E-state index in [1.165, 1.54) is 0 Å². The second kappa shape index (κ2) is 40.9. The van der Waals surface area contributed by atoms with Gasteiger partial charge >= 0.3 is 54.3 Å². The Balaban J connectivity index is -0.000000427. The molecule has 470 valence electrons. The van der Waals surface area contributed by atoms with Crippen LogP contribution in [-0.4, -0.2) is 138 Å². The summed E-state index contributed by atoms with van der Waals surface area (Å²) < 4.78 is 37.2. The Morgan fingerprint density at radius 3 is 1.15 bits per heavy atom. The van der Waals surface area contributed by atoms with E-state index in [1.54, 1.807) is 62.3 Å². The predicted octanol–water partition coefficient (Wildman–Crippen LogP) is 7.00. The molecule has 4 atom stereocenters.